The maximum absolute atomic E-state index is 14.2. The van der Waals surface area contributed by atoms with Gasteiger partial charge in [0.25, 0.3) is 0 Å². The molecule has 5 heterocycles. The van der Waals surface area contributed by atoms with Crippen molar-refractivity contribution in [1.82, 2.24) is 39.9 Å². The highest BCUT2D eigenvalue weighted by Gasteiger charge is 2.34. The van der Waals surface area contributed by atoms with Crippen molar-refractivity contribution in [2.24, 2.45) is 0 Å². The van der Waals surface area contributed by atoms with Gasteiger partial charge < -0.3 is 20.1 Å². The van der Waals surface area contributed by atoms with E-state index in [4.69, 9.17) is 0 Å². The minimum atomic E-state index is -0.650. The number of urea groups is 1. The highest BCUT2D eigenvalue weighted by molar-refractivity contribution is 6.01. The lowest BCUT2D eigenvalue weighted by Gasteiger charge is -2.41. The molecule has 7 rings (SSSR count). The van der Waals surface area contributed by atoms with Gasteiger partial charge in [-0.3, -0.25) is 19.2 Å². The number of likely N-dealkylation sites (tertiary alicyclic amines) is 2. The van der Waals surface area contributed by atoms with Crippen LogP contribution in [0, 0.1) is 0 Å². The molecule has 0 spiro atoms. The number of para-hydroxylation sites is 1. The SMILES string of the molecule is CCc1ccc(C[C@@H](NC(=O)N2CCC(n3c(=O)[nH]c4c5ccccc5ncc43)CC2)C(=O)N2CCC(N3CC[N]CC3)CC2)cc1CC. The van der Waals surface area contributed by atoms with Crippen LogP contribution < -0.4 is 16.3 Å². The lowest BCUT2D eigenvalue weighted by Crippen LogP contribution is -2.57. The third-order valence-corrected chi connectivity index (χ3v) is 11.0. The zero-order valence-electron chi connectivity index (χ0n) is 28.9. The second-order valence-electron chi connectivity index (χ2n) is 13.8. The molecule has 0 saturated carbocycles. The van der Waals surface area contributed by atoms with E-state index in [-0.39, 0.29) is 23.7 Å². The van der Waals surface area contributed by atoms with E-state index in [1.165, 1.54) is 11.1 Å². The predicted octanol–water partition coefficient (Wildman–Crippen LogP) is 3.87. The van der Waals surface area contributed by atoms with Crippen molar-refractivity contribution < 1.29 is 9.59 Å². The maximum atomic E-state index is 14.2. The topological polar surface area (TPSA) is 121 Å². The number of nitrogens with zero attached hydrogens (tertiary/aromatic N) is 6. The Morgan fingerprint density at radius 3 is 2.31 bits per heavy atom. The molecule has 3 aliphatic heterocycles. The number of aryl methyl sites for hydroxylation is 2. The lowest BCUT2D eigenvalue weighted by atomic mass is 9.95. The number of carbonyl (C=O) groups excluding carboxylic acids is 2. The highest BCUT2D eigenvalue weighted by atomic mass is 16.2. The predicted molar refractivity (Wildman–Crippen MR) is 192 cm³/mol. The molecule has 2 aromatic carbocycles. The van der Waals surface area contributed by atoms with Gasteiger partial charge in [-0.05, 0) is 61.3 Å². The number of pyridine rings is 1. The molecule has 0 unspecified atom stereocenters. The first-order valence-electron chi connectivity index (χ1n) is 18.2. The highest BCUT2D eigenvalue weighted by Crippen LogP contribution is 2.28. The number of fused-ring (bicyclic) bond motifs is 3. The normalized spacial score (nSPS) is 19.1. The number of piperazine rings is 1. The maximum Gasteiger partial charge on any atom is 0.326 e. The van der Waals surface area contributed by atoms with Crippen molar-refractivity contribution in [2.45, 2.75) is 76.9 Å². The molecule has 2 N–H and O–H groups in total. The second-order valence-corrected chi connectivity index (χ2v) is 13.8. The van der Waals surface area contributed by atoms with E-state index in [2.05, 4.69) is 57.5 Å². The third kappa shape index (κ3) is 6.96. The number of piperidine rings is 2. The summed E-state index contributed by atoms with van der Waals surface area (Å²) in [5.74, 6) is -0.00184. The molecule has 1 radical (unpaired) electrons. The number of nitrogens with one attached hydrogen (secondary N) is 2. The fraction of sp³-hybridized carbons (Fsp3) is 0.526. The van der Waals surface area contributed by atoms with Crippen LogP contribution in [-0.2, 0) is 24.1 Å². The summed E-state index contributed by atoms with van der Waals surface area (Å²) in [5.41, 5.74) is 5.97. The Hall–Kier alpha value is -4.22. The van der Waals surface area contributed by atoms with Gasteiger partial charge in [-0.2, -0.15) is 0 Å². The fourth-order valence-corrected chi connectivity index (χ4v) is 8.23. The Balaban J connectivity index is 1.04. The van der Waals surface area contributed by atoms with Gasteiger partial charge in [0.05, 0.1) is 22.7 Å². The number of H-pyrrole nitrogens is 1. The van der Waals surface area contributed by atoms with Gasteiger partial charge in [0, 0.05) is 76.2 Å². The summed E-state index contributed by atoms with van der Waals surface area (Å²) in [6, 6.07) is 13.9. The lowest BCUT2D eigenvalue weighted by molar-refractivity contribution is -0.134. The van der Waals surface area contributed by atoms with Crippen LogP contribution in [0.25, 0.3) is 21.9 Å². The van der Waals surface area contributed by atoms with Crippen LogP contribution in [0.15, 0.2) is 53.5 Å². The van der Waals surface area contributed by atoms with Crippen LogP contribution >= 0.6 is 0 Å². The Morgan fingerprint density at radius 1 is 0.878 bits per heavy atom. The van der Waals surface area contributed by atoms with Gasteiger partial charge in [0.15, 0.2) is 0 Å². The quantitative estimate of drug-likeness (QED) is 0.296. The molecular formula is C38H49N8O3. The van der Waals surface area contributed by atoms with Crippen molar-refractivity contribution >= 4 is 33.9 Å². The molecule has 11 heteroatoms. The van der Waals surface area contributed by atoms with E-state index in [0.717, 1.165) is 79.4 Å². The molecule has 0 bridgehead atoms. The Kier molecular flexibility index (Phi) is 10.00. The summed E-state index contributed by atoms with van der Waals surface area (Å²) in [6.07, 6.45) is 7.30. The van der Waals surface area contributed by atoms with Crippen molar-refractivity contribution in [3.63, 3.8) is 0 Å². The molecule has 3 amide bonds. The largest absolute Gasteiger partial charge is 0.341 e. The van der Waals surface area contributed by atoms with Gasteiger partial charge in [-0.25, -0.2) is 14.9 Å². The van der Waals surface area contributed by atoms with Crippen molar-refractivity contribution in [3.8, 4) is 0 Å². The minimum absolute atomic E-state index is 0.00184. The summed E-state index contributed by atoms with van der Waals surface area (Å²) in [4.78, 5) is 55.1. The van der Waals surface area contributed by atoms with Gasteiger partial charge >= 0.3 is 11.7 Å². The molecule has 11 nitrogen and oxygen atoms in total. The first-order valence-corrected chi connectivity index (χ1v) is 18.2. The summed E-state index contributed by atoms with van der Waals surface area (Å²) in [6.45, 7) is 10.5. The number of hydrogen-bond donors (Lipinski definition) is 2. The number of aromatic nitrogens is 3. The molecular weight excluding hydrogens is 616 g/mol. The molecule has 0 aliphatic carbocycles. The summed E-state index contributed by atoms with van der Waals surface area (Å²) in [7, 11) is 0. The van der Waals surface area contributed by atoms with Gasteiger partial charge in [-0.15, -0.1) is 0 Å². The molecule has 3 fully saturated rings. The number of amides is 3. The molecule has 2 aromatic heterocycles. The number of hydrogen-bond acceptors (Lipinski definition) is 5. The van der Waals surface area contributed by atoms with Crippen LogP contribution in [0.4, 0.5) is 4.79 Å². The van der Waals surface area contributed by atoms with E-state index in [1.807, 2.05) is 33.7 Å². The smallest absolute Gasteiger partial charge is 0.326 e. The van der Waals surface area contributed by atoms with Crippen LogP contribution in [0.2, 0.25) is 0 Å². The van der Waals surface area contributed by atoms with Crippen molar-refractivity contribution in [2.75, 3.05) is 52.4 Å². The van der Waals surface area contributed by atoms with Crippen LogP contribution in [0.3, 0.4) is 0 Å². The number of carbonyl (C=O) groups is 2. The Bertz CT molecular complexity index is 1840. The van der Waals surface area contributed by atoms with E-state index in [9.17, 15) is 14.4 Å². The minimum Gasteiger partial charge on any atom is -0.341 e. The molecule has 4 aromatic rings. The van der Waals surface area contributed by atoms with Gasteiger partial charge in [-0.1, -0.05) is 50.2 Å². The van der Waals surface area contributed by atoms with Crippen molar-refractivity contribution in [3.05, 3.63) is 75.8 Å². The number of benzene rings is 2. The average molecular weight is 666 g/mol. The molecule has 259 valence electrons. The zero-order valence-corrected chi connectivity index (χ0v) is 28.9. The first kappa shape index (κ1) is 33.3. The summed E-state index contributed by atoms with van der Waals surface area (Å²) in [5, 5.41) is 8.58. The van der Waals surface area contributed by atoms with E-state index in [1.54, 1.807) is 11.1 Å². The molecule has 49 heavy (non-hydrogen) atoms. The summed E-state index contributed by atoms with van der Waals surface area (Å²) < 4.78 is 1.81. The van der Waals surface area contributed by atoms with Crippen LogP contribution in [-0.4, -0.2) is 106 Å². The number of aromatic amines is 1. The summed E-state index contributed by atoms with van der Waals surface area (Å²) >= 11 is 0. The monoisotopic (exact) mass is 665 g/mol. The van der Waals surface area contributed by atoms with Crippen molar-refractivity contribution in [1.29, 1.82) is 0 Å². The molecule has 1 atom stereocenters. The van der Waals surface area contributed by atoms with Crippen LogP contribution in [0.5, 0.6) is 0 Å². The van der Waals surface area contributed by atoms with E-state index < -0.39 is 6.04 Å². The Morgan fingerprint density at radius 2 is 1.57 bits per heavy atom. The first-order chi connectivity index (χ1) is 23.9. The Labute approximate surface area is 288 Å². The van der Waals surface area contributed by atoms with Gasteiger partial charge in [0.2, 0.25) is 5.91 Å². The van der Waals surface area contributed by atoms with E-state index >= 15 is 0 Å². The van der Waals surface area contributed by atoms with Gasteiger partial charge in [0.1, 0.15) is 6.04 Å². The third-order valence-electron chi connectivity index (χ3n) is 11.0. The number of rotatable bonds is 8. The molecule has 3 saturated heterocycles. The van der Waals surface area contributed by atoms with Crippen LogP contribution in [0.1, 0.15) is 62.3 Å². The second kappa shape index (κ2) is 14.7. The fourth-order valence-electron chi connectivity index (χ4n) is 8.23. The number of imidazole rings is 1. The average Bonchev–Trinajstić information content (AvgIpc) is 3.50. The standard InChI is InChI=1S/C38H49N8O3/c1-3-27-10-9-26(23-28(27)4-2)24-33(36(47)44-17-11-29(12-18-44)43-21-15-39-16-22-43)41-37(48)45-19-13-30(14-20-45)46-34-25-40-32-8-6-5-7-31(32)35(34)42-38(46)49/h5-10,23,25,29-30,33H,3-4,11-22,24H2,1-2H3,(H,41,48)(H,42,49)/t33-/m1/s1. The molecule has 3 aliphatic rings. The zero-order chi connectivity index (χ0) is 33.9. The van der Waals surface area contributed by atoms with E-state index in [0.29, 0.717) is 51.5 Å².